The van der Waals surface area contributed by atoms with Crippen molar-refractivity contribution in [2.45, 2.75) is 104 Å². The summed E-state index contributed by atoms with van der Waals surface area (Å²) in [5.41, 5.74) is 7.01. The van der Waals surface area contributed by atoms with Gasteiger partial charge in [0.15, 0.2) is 0 Å². The molecule has 4 aliphatic carbocycles. The number of carbonyl (C=O) groups excluding carboxylic acids is 1. The molecule has 0 N–H and O–H groups in total. The third-order valence-electron chi connectivity index (χ3n) is 11.4. The highest BCUT2D eigenvalue weighted by molar-refractivity contribution is 5.77. The first-order valence-electron chi connectivity index (χ1n) is 13.9. The molecule has 35 heavy (non-hydrogen) atoms. The van der Waals surface area contributed by atoms with Crippen molar-refractivity contribution in [1.82, 2.24) is 9.78 Å². The molecule has 2 bridgehead atoms. The fraction of sp³-hybridized carbons (Fsp3) is 0.677. The quantitative estimate of drug-likeness (QED) is 0.451. The van der Waals surface area contributed by atoms with E-state index in [1.54, 1.807) is 0 Å². The summed E-state index contributed by atoms with van der Waals surface area (Å²) in [7, 11) is 0. The van der Waals surface area contributed by atoms with Crippen LogP contribution in [-0.4, -0.2) is 22.4 Å². The zero-order valence-electron chi connectivity index (χ0n) is 22.5. The Kier molecular flexibility index (Phi) is 4.97. The fourth-order valence-electron chi connectivity index (χ4n) is 9.76. The Hall–Kier alpha value is -2.10. The highest BCUT2D eigenvalue weighted by Gasteiger charge is 2.68. The van der Waals surface area contributed by atoms with Crippen LogP contribution in [0, 0.1) is 36.5 Å². The van der Waals surface area contributed by atoms with Gasteiger partial charge < -0.3 is 4.74 Å². The van der Waals surface area contributed by atoms with Crippen molar-refractivity contribution in [1.29, 1.82) is 0 Å². The summed E-state index contributed by atoms with van der Waals surface area (Å²) in [5, 5.41) is 5.04. The van der Waals surface area contributed by atoms with E-state index in [4.69, 9.17) is 9.84 Å². The molecule has 4 heteroatoms. The Morgan fingerprint density at radius 3 is 2.57 bits per heavy atom. The third kappa shape index (κ3) is 2.92. The molecule has 0 aliphatic heterocycles. The van der Waals surface area contributed by atoms with Crippen molar-refractivity contribution in [2.75, 3.05) is 6.61 Å². The second kappa shape index (κ2) is 7.46. The number of fused-ring (bicyclic) bond motifs is 5. The Bertz CT molecular complexity index is 1200. The van der Waals surface area contributed by atoms with Crippen LogP contribution in [0.1, 0.15) is 101 Å². The van der Waals surface area contributed by atoms with Crippen molar-refractivity contribution in [3.05, 3.63) is 46.8 Å². The number of hydrogen-bond acceptors (Lipinski definition) is 3. The minimum absolute atomic E-state index is 0.0437. The van der Waals surface area contributed by atoms with Gasteiger partial charge in [0.25, 0.3) is 0 Å². The number of aromatic nitrogens is 2. The molecular weight excluding hydrogens is 432 g/mol. The fourth-order valence-corrected chi connectivity index (χ4v) is 9.76. The molecule has 0 saturated heterocycles. The summed E-state index contributed by atoms with van der Waals surface area (Å²) in [4.78, 5) is 13.3. The summed E-state index contributed by atoms with van der Waals surface area (Å²) in [5.74, 6) is 1.05. The van der Waals surface area contributed by atoms with E-state index >= 15 is 0 Å². The number of carbonyl (C=O) groups is 1. The van der Waals surface area contributed by atoms with Crippen molar-refractivity contribution in [3.63, 3.8) is 0 Å². The van der Waals surface area contributed by atoms with E-state index in [9.17, 15) is 4.79 Å². The average Bonchev–Trinajstić information content (AvgIpc) is 3.33. The SMILES string of the molecule is CCOC(=O)[C@]1(C)CCC[C@@]2(C)[C@@H]3CC[C@@]4(C)C[C@]3(CC[C@@H]21)c1cnn(-c2ccc(C)c(C)c2)c14. The summed E-state index contributed by atoms with van der Waals surface area (Å²) in [6.07, 6.45) is 11.6. The number of benzene rings is 1. The third-order valence-corrected chi connectivity index (χ3v) is 11.4. The molecular formula is C31H42N2O2. The summed E-state index contributed by atoms with van der Waals surface area (Å²) < 4.78 is 7.94. The van der Waals surface area contributed by atoms with Crippen LogP contribution in [0.4, 0.5) is 0 Å². The van der Waals surface area contributed by atoms with Gasteiger partial charge in [0, 0.05) is 16.4 Å². The Balaban J connectivity index is 1.45. The number of ether oxygens (including phenoxy) is 1. The van der Waals surface area contributed by atoms with Crippen LogP contribution in [0.2, 0.25) is 0 Å². The van der Waals surface area contributed by atoms with Gasteiger partial charge >= 0.3 is 5.97 Å². The van der Waals surface area contributed by atoms with Crippen LogP contribution in [0.15, 0.2) is 24.4 Å². The zero-order chi connectivity index (χ0) is 24.8. The Morgan fingerprint density at radius 1 is 1.06 bits per heavy atom. The van der Waals surface area contributed by atoms with Gasteiger partial charge in [-0.2, -0.15) is 5.10 Å². The highest BCUT2D eigenvalue weighted by atomic mass is 16.5. The second-order valence-electron chi connectivity index (χ2n) is 13.2. The predicted octanol–water partition coefficient (Wildman–Crippen LogP) is 6.97. The van der Waals surface area contributed by atoms with Crippen LogP contribution >= 0.6 is 0 Å². The van der Waals surface area contributed by atoms with Crippen LogP contribution in [0.5, 0.6) is 0 Å². The molecule has 0 unspecified atom stereocenters. The van der Waals surface area contributed by atoms with Gasteiger partial charge in [0.2, 0.25) is 0 Å². The van der Waals surface area contributed by atoms with E-state index in [1.807, 2.05) is 6.92 Å². The molecule has 1 heterocycles. The lowest BCUT2D eigenvalue weighted by molar-refractivity contribution is -0.180. The molecule has 4 aliphatic rings. The molecule has 0 amide bonds. The summed E-state index contributed by atoms with van der Waals surface area (Å²) in [6.45, 7) is 14.0. The molecule has 3 fully saturated rings. The molecule has 1 aromatic heterocycles. The number of hydrogen-bond donors (Lipinski definition) is 0. The lowest BCUT2D eigenvalue weighted by Gasteiger charge is -2.64. The largest absolute Gasteiger partial charge is 0.466 e. The summed E-state index contributed by atoms with van der Waals surface area (Å²) in [6, 6.07) is 6.77. The van der Waals surface area contributed by atoms with Crippen molar-refractivity contribution in [2.24, 2.45) is 22.7 Å². The van der Waals surface area contributed by atoms with Gasteiger partial charge in [-0.25, -0.2) is 4.68 Å². The number of esters is 1. The zero-order valence-corrected chi connectivity index (χ0v) is 22.5. The molecule has 2 aromatic rings. The minimum Gasteiger partial charge on any atom is -0.466 e. The number of aryl methyl sites for hydroxylation is 2. The topological polar surface area (TPSA) is 44.1 Å². The van der Waals surface area contributed by atoms with E-state index in [-0.39, 0.29) is 27.6 Å². The van der Waals surface area contributed by atoms with Gasteiger partial charge in [-0.05, 0) is 113 Å². The molecule has 188 valence electrons. The van der Waals surface area contributed by atoms with Crippen LogP contribution < -0.4 is 0 Å². The molecule has 4 nitrogen and oxygen atoms in total. The highest BCUT2D eigenvalue weighted by Crippen LogP contribution is 2.73. The van der Waals surface area contributed by atoms with Gasteiger partial charge in [-0.3, -0.25) is 4.79 Å². The molecule has 6 rings (SSSR count). The Morgan fingerprint density at radius 2 is 1.83 bits per heavy atom. The van der Waals surface area contributed by atoms with Crippen molar-refractivity contribution >= 4 is 5.97 Å². The van der Waals surface area contributed by atoms with E-state index in [0.29, 0.717) is 18.4 Å². The van der Waals surface area contributed by atoms with Gasteiger partial charge in [0.05, 0.1) is 29.6 Å². The molecule has 1 aromatic carbocycles. The van der Waals surface area contributed by atoms with E-state index < -0.39 is 0 Å². The Labute approximate surface area is 210 Å². The lowest BCUT2D eigenvalue weighted by Crippen LogP contribution is -2.60. The maximum atomic E-state index is 13.3. The first-order chi connectivity index (χ1) is 16.6. The average molecular weight is 475 g/mol. The first-order valence-corrected chi connectivity index (χ1v) is 13.9. The van der Waals surface area contributed by atoms with E-state index in [0.717, 1.165) is 19.3 Å². The predicted molar refractivity (Wildman–Crippen MR) is 139 cm³/mol. The van der Waals surface area contributed by atoms with Gasteiger partial charge in [-0.15, -0.1) is 0 Å². The monoisotopic (exact) mass is 474 g/mol. The molecule has 0 radical (unpaired) electrons. The summed E-state index contributed by atoms with van der Waals surface area (Å²) >= 11 is 0. The normalized spacial score (nSPS) is 39.5. The lowest BCUT2D eigenvalue weighted by atomic mass is 9.40. The maximum Gasteiger partial charge on any atom is 0.312 e. The second-order valence-corrected chi connectivity index (χ2v) is 13.2. The van der Waals surface area contributed by atoms with Crippen molar-refractivity contribution in [3.8, 4) is 5.69 Å². The van der Waals surface area contributed by atoms with Crippen molar-refractivity contribution < 1.29 is 9.53 Å². The van der Waals surface area contributed by atoms with E-state index in [2.05, 4.69) is 63.7 Å². The van der Waals surface area contributed by atoms with Crippen LogP contribution in [0.3, 0.4) is 0 Å². The molecule has 3 saturated carbocycles. The molecule has 6 atom stereocenters. The first kappa shape index (κ1) is 23.3. The van der Waals surface area contributed by atoms with Crippen LogP contribution in [-0.2, 0) is 20.4 Å². The minimum atomic E-state index is -0.351. The standard InChI is InChI=1S/C31H42N2O2/c1-7-35-27(34)30(6)14-8-13-29(5)24(30)12-16-31-19-28(4,15-11-25(29)31)26-23(31)18-32-33(26)22-10-9-20(2)21(3)17-22/h9-10,17-18,24-25H,7-8,11-16,19H2,1-6H3/t24-,25-,28-,29+,30+,31+/m0/s1. The smallest absolute Gasteiger partial charge is 0.312 e. The maximum absolute atomic E-state index is 13.3. The number of rotatable bonds is 3. The molecule has 1 spiro atoms. The van der Waals surface area contributed by atoms with Crippen LogP contribution in [0.25, 0.3) is 5.69 Å². The number of nitrogens with zero attached hydrogens (tertiary/aromatic N) is 2. The van der Waals surface area contributed by atoms with Gasteiger partial charge in [-0.1, -0.05) is 26.3 Å². The van der Waals surface area contributed by atoms with E-state index in [1.165, 1.54) is 60.2 Å². The van der Waals surface area contributed by atoms with Gasteiger partial charge in [0.1, 0.15) is 0 Å².